The second-order valence-corrected chi connectivity index (χ2v) is 6.42. The molecular formula is C15H26N4O. The topological polar surface area (TPSA) is 50.3 Å². The van der Waals surface area contributed by atoms with Crippen molar-refractivity contribution in [2.24, 2.45) is 0 Å². The van der Waals surface area contributed by atoms with Gasteiger partial charge in [0.1, 0.15) is 5.82 Å². The lowest BCUT2D eigenvalue weighted by Gasteiger charge is -2.32. The Kier molecular flexibility index (Phi) is 4.94. The van der Waals surface area contributed by atoms with Crippen molar-refractivity contribution in [3.05, 3.63) is 18.1 Å². The van der Waals surface area contributed by atoms with E-state index in [0.717, 1.165) is 44.0 Å². The summed E-state index contributed by atoms with van der Waals surface area (Å²) in [6.45, 7) is 9.13. The van der Waals surface area contributed by atoms with Crippen LogP contribution >= 0.6 is 0 Å². The van der Waals surface area contributed by atoms with Gasteiger partial charge in [-0.05, 0) is 33.6 Å². The van der Waals surface area contributed by atoms with E-state index in [1.165, 1.54) is 0 Å². The van der Waals surface area contributed by atoms with Crippen molar-refractivity contribution in [3.8, 4) is 0 Å². The number of aromatic nitrogens is 2. The van der Waals surface area contributed by atoms with Crippen LogP contribution < -0.4 is 10.2 Å². The maximum Gasteiger partial charge on any atom is 0.147 e. The maximum absolute atomic E-state index is 5.46. The normalized spacial score (nSPS) is 20.2. The molecule has 0 amide bonds. The third-order valence-electron chi connectivity index (χ3n) is 3.51. The van der Waals surface area contributed by atoms with Gasteiger partial charge in [-0.2, -0.15) is 0 Å². The zero-order chi connectivity index (χ0) is 14.6. The predicted octanol–water partition coefficient (Wildman–Crippen LogP) is 1.98. The summed E-state index contributed by atoms with van der Waals surface area (Å²) in [6, 6.07) is 0. The molecule has 5 nitrogen and oxygen atoms in total. The zero-order valence-electron chi connectivity index (χ0n) is 13.0. The van der Waals surface area contributed by atoms with Crippen LogP contribution in [0, 0.1) is 0 Å². The third kappa shape index (κ3) is 4.42. The monoisotopic (exact) mass is 278 g/mol. The lowest BCUT2D eigenvalue weighted by atomic mass is 10.1. The van der Waals surface area contributed by atoms with Crippen LogP contribution in [0.3, 0.4) is 0 Å². The average Bonchev–Trinajstić information content (AvgIpc) is 2.45. The Balaban J connectivity index is 2.01. The van der Waals surface area contributed by atoms with Crippen molar-refractivity contribution >= 4 is 5.82 Å². The van der Waals surface area contributed by atoms with Gasteiger partial charge in [0, 0.05) is 38.5 Å². The molecular weight excluding hydrogens is 252 g/mol. The number of hydrogen-bond donors (Lipinski definition) is 1. The summed E-state index contributed by atoms with van der Waals surface area (Å²) < 4.78 is 5.46. The number of nitrogens with one attached hydrogen (secondary N) is 1. The number of ether oxygens (including phenoxy) is 1. The van der Waals surface area contributed by atoms with Crippen LogP contribution in [-0.2, 0) is 11.3 Å². The molecule has 0 saturated carbocycles. The first-order valence-electron chi connectivity index (χ1n) is 7.31. The van der Waals surface area contributed by atoms with Crippen molar-refractivity contribution < 1.29 is 4.74 Å². The fourth-order valence-electron chi connectivity index (χ4n) is 2.33. The van der Waals surface area contributed by atoms with Crippen LogP contribution in [-0.4, -0.2) is 41.8 Å². The largest absolute Gasteiger partial charge is 0.380 e. The first-order chi connectivity index (χ1) is 9.48. The highest BCUT2D eigenvalue weighted by molar-refractivity contribution is 5.37. The lowest BCUT2D eigenvalue weighted by Crippen LogP contribution is -2.40. The van der Waals surface area contributed by atoms with Crippen LogP contribution in [0.2, 0.25) is 0 Å². The van der Waals surface area contributed by atoms with Gasteiger partial charge in [-0.1, -0.05) is 0 Å². The van der Waals surface area contributed by atoms with Gasteiger partial charge in [0.15, 0.2) is 0 Å². The second-order valence-electron chi connectivity index (χ2n) is 6.42. The molecule has 0 aromatic carbocycles. The van der Waals surface area contributed by atoms with Crippen LogP contribution in [0.4, 0.5) is 5.82 Å². The van der Waals surface area contributed by atoms with Gasteiger partial charge in [-0.3, -0.25) is 4.98 Å². The average molecular weight is 278 g/mol. The molecule has 2 heterocycles. The minimum atomic E-state index is 0.0873. The summed E-state index contributed by atoms with van der Waals surface area (Å²) in [7, 11) is 1.78. The predicted molar refractivity (Wildman–Crippen MR) is 80.9 cm³/mol. The second kappa shape index (κ2) is 6.50. The van der Waals surface area contributed by atoms with E-state index in [0.29, 0.717) is 6.10 Å². The molecule has 0 spiro atoms. The van der Waals surface area contributed by atoms with Crippen molar-refractivity contribution in [1.29, 1.82) is 0 Å². The maximum atomic E-state index is 5.46. The fourth-order valence-corrected chi connectivity index (χ4v) is 2.33. The lowest BCUT2D eigenvalue weighted by molar-refractivity contribution is 0.0891. The molecule has 1 fully saturated rings. The molecule has 0 bridgehead atoms. The molecule has 0 radical (unpaired) electrons. The number of hydrogen-bond acceptors (Lipinski definition) is 5. The van der Waals surface area contributed by atoms with E-state index in [9.17, 15) is 0 Å². The Morgan fingerprint density at radius 2 is 2.20 bits per heavy atom. The summed E-state index contributed by atoms with van der Waals surface area (Å²) in [5, 5.41) is 3.44. The summed E-state index contributed by atoms with van der Waals surface area (Å²) >= 11 is 0. The van der Waals surface area contributed by atoms with Crippen LogP contribution in [0.25, 0.3) is 0 Å². The quantitative estimate of drug-likeness (QED) is 0.912. The number of piperidine rings is 1. The molecule has 112 valence electrons. The molecule has 1 atom stereocenters. The van der Waals surface area contributed by atoms with Gasteiger partial charge in [-0.25, -0.2) is 4.98 Å². The number of rotatable bonds is 4. The van der Waals surface area contributed by atoms with Gasteiger partial charge in [0.2, 0.25) is 0 Å². The van der Waals surface area contributed by atoms with Gasteiger partial charge >= 0.3 is 0 Å². The van der Waals surface area contributed by atoms with E-state index >= 15 is 0 Å². The summed E-state index contributed by atoms with van der Waals surface area (Å²) in [6.07, 6.45) is 6.26. The molecule has 1 saturated heterocycles. The van der Waals surface area contributed by atoms with Gasteiger partial charge in [0.05, 0.1) is 18.0 Å². The SMILES string of the molecule is COC1CCCN(c2cncc(CNC(C)(C)C)n2)C1. The molecule has 1 aliphatic rings. The minimum absolute atomic E-state index is 0.0873. The van der Waals surface area contributed by atoms with Gasteiger partial charge in [0.25, 0.3) is 0 Å². The van der Waals surface area contributed by atoms with E-state index in [4.69, 9.17) is 9.72 Å². The molecule has 1 aliphatic heterocycles. The molecule has 2 rings (SSSR count). The number of methoxy groups -OCH3 is 1. The van der Waals surface area contributed by atoms with Crippen molar-refractivity contribution in [3.63, 3.8) is 0 Å². The van der Waals surface area contributed by atoms with Crippen molar-refractivity contribution in [1.82, 2.24) is 15.3 Å². The van der Waals surface area contributed by atoms with Crippen LogP contribution in [0.15, 0.2) is 12.4 Å². The first-order valence-corrected chi connectivity index (χ1v) is 7.31. The Morgan fingerprint density at radius 3 is 2.90 bits per heavy atom. The van der Waals surface area contributed by atoms with Gasteiger partial charge < -0.3 is 15.0 Å². The van der Waals surface area contributed by atoms with E-state index < -0.39 is 0 Å². The zero-order valence-corrected chi connectivity index (χ0v) is 13.0. The third-order valence-corrected chi connectivity index (χ3v) is 3.51. The molecule has 1 N–H and O–H groups in total. The highest BCUT2D eigenvalue weighted by atomic mass is 16.5. The summed E-state index contributed by atoms with van der Waals surface area (Å²) in [5.74, 6) is 0.958. The Hall–Kier alpha value is -1.20. The molecule has 1 aromatic rings. The number of nitrogens with zero attached hydrogens (tertiary/aromatic N) is 3. The van der Waals surface area contributed by atoms with E-state index in [2.05, 4.69) is 36.0 Å². The molecule has 1 aromatic heterocycles. The molecule has 1 unspecified atom stereocenters. The Labute approximate surface area is 121 Å². The first kappa shape index (κ1) is 15.2. The highest BCUT2D eigenvalue weighted by Gasteiger charge is 2.21. The Morgan fingerprint density at radius 1 is 1.40 bits per heavy atom. The number of anilines is 1. The summed E-state index contributed by atoms with van der Waals surface area (Å²) in [5.41, 5.74) is 1.07. The summed E-state index contributed by atoms with van der Waals surface area (Å²) in [4.78, 5) is 11.3. The van der Waals surface area contributed by atoms with Crippen LogP contribution in [0.5, 0.6) is 0 Å². The minimum Gasteiger partial charge on any atom is -0.380 e. The van der Waals surface area contributed by atoms with Crippen molar-refractivity contribution in [2.75, 3.05) is 25.1 Å². The van der Waals surface area contributed by atoms with E-state index in [1.807, 2.05) is 12.4 Å². The molecule has 0 aliphatic carbocycles. The van der Waals surface area contributed by atoms with Crippen LogP contribution in [0.1, 0.15) is 39.3 Å². The van der Waals surface area contributed by atoms with Gasteiger partial charge in [-0.15, -0.1) is 0 Å². The smallest absolute Gasteiger partial charge is 0.147 e. The van der Waals surface area contributed by atoms with E-state index in [-0.39, 0.29) is 5.54 Å². The standard InChI is InChI=1S/C15H26N4O/c1-15(2,3)17-9-12-8-16-10-14(18-12)19-7-5-6-13(11-19)20-4/h8,10,13,17H,5-7,9,11H2,1-4H3. The molecule has 5 heteroatoms. The van der Waals surface area contributed by atoms with Crippen molar-refractivity contribution in [2.45, 2.75) is 51.8 Å². The fraction of sp³-hybridized carbons (Fsp3) is 0.733. The highest BCUT2D eigenvalue weighted by Crippen LogP contribution is 2.18. The van der Waals surface area contributed by atoms with E-state index in [1.54, 1.807) is 7.11 Å². The molecule has 20 heavy (non-hydrogen) atoms. The Bertz CT molecular complexity index is 430.